The standard InChI is InChI=1S/C19H30N4O/c1-16-7-8-20-13-18(16)21-19(24)15-23-11-9-22(10-12-23)14-17-5-3-2-4-6-17/h2-6,16,18,20H,7-15H2,1H3,(H,21,24). The average Bonchev–Trinajstić information content (AvgIpc) is 2.60. The first-order valence-corrected chi connectivity index (χ1v) is 9.19. The maximum absolute atomic E-state index is 12.3. The third kappa shape index (κ3) is 5.03. The summed E-state index contributed by atoms with van der Waals surface area (Å²) in [4.78, 5) is 17.0. The number of rotatable bonds is 5. The Balaban J connectivity index is 1.38. The summed E-state index contributed by atoms with van der Waals surface area (Å²) in [6.45, 7) is 9.74. The Kier molecular flexibility index (Phi) is 6.24. The second kappa shape index (κ2) is 8.60. The molecule has 2 unspecified atom stereocenters. The maximum Gasteiger partial charge on any atom is 0.234 e. The summed E-state index contributed by atoms with van der Waals surface area (Å²) in [6.07, 6.45) is 1.14. The number of amides is 1. The predicted molar refractivity (Wildman–Crippen MR) is 96.7 cm³/mol. The molecule has 0 aliphatic carbocycles. The van der Waals surface area contributed by atoms with Crippen LogP contribution >= 0.6 is 0 Å². The van der Waals surface area contributed by atoms with Crippen molar-refractivity contribution >= 4 is 5.91 Å². The molecule has 2 fully saturated rings. The molecule has 5 heteroatoms. The summed E-state index contributed by atoms with van der Waals surface area (Å²) >= 11 is 0. The fraction of sp³-hybridized carbons (Fsp3) is 0.632. The number of nitrogens with one attached hydrogen (secondary N) is 2. The van der Waals surface area contributed by atoms with Crippen LogP contribution in [0.3, 0.4) is 0 Å². The molecule has 2 aliphatic rings. The minimum Gasteiger partial charge on any atom is -0.351 e. The quantitative estimate of drug-likeness (QED) is 0.843. The lowest BCUT2D eigenvalue weighted by molar-refractivity contribution is -0.123. The summed E-state index contributed by atoms with van der Waals surface area (Å²) in [7, 11) is 0. The van der Waals surface area contributed by atoms with Crippen LogP contribution in [0.4, 0.5) is 0 Å². The van der Waals surface area contributed by atoms with E-state index in [1.54, 1.807) is 0 Å². The third-order valence-corrected chi connectivity index (χ3v) is 5.26. The van der Waals surface area contributed by atoms with Crippen molar-refractivity contribution in [2.24, 2.45) is 5.92 Å². The van der Waals surface area contributed by atoms with Crippen LogP contribution in [0, 0.1) is 5.92 Å². The van der Waals surface area contributed by atoms with Gasteiger partial charge in [0.15, 0.2) is 0 Å². The summed E-state index contributed by atoms with van der Waals surface area (Å²) < 4.78 is 0. The lowest BCUT2D eigenvalue weighted by Crippen LogP contribution is -2.54. The van der Waals surface area contributed by atoms with E-state index in [1.807, 2.05) is 0 Å². The highest BCUT2D eigenvalue weighted by atomic mass is 16.2. The second-order valence-corrected chi connectivity index (χ2v) is 7.18. The van der Waals surface area contributed by atoms with Crippen molar-refractivity contribution in [3.63, 3.8) is 0 Å². The van der Waals surface area contributed by atoms with Crippen LogP contribution in [-0.2, 0) is 11.3 Å². The number of hydrogen-bond acceptors (Lipinski definition) is 4. The molecule has 2 atom stereocenters. The lowest BCUT2D eigenvalue weighted by atomic mass is 9.95. The molecular weight excluding hydrogens is 300 g/mol. The van der Waals surface area contributed by atoms with Crippen LogP contribution in [0.25, 0.3) is 0 Å². The van der Waals surface area contributed by atoms with Crippen LogP contribution in [-0.4, -0.2) is 67.6 Å². The Morgan fingerprint density at radius 1 is 1.17 bits per heavy atom. The van der Waals surface area contributed by atoms with E-state index in [0.717, 1.165) is 52.2 Å². The molecule has 1 aromatic carbocycles. The predicted octanol–water partition coefficient (Wildman–Crippen LogP) is 0.918. The van der Waals surface area contributed by atoms with Gasteiger partial charge in [0.05, 0.1) is 6.54 Å². The minimum atomic E-state index is 0.173. The monoisotopic (exact) mass is 330 g/mol. The van der Waals surface area contributed by atoms with Gasteiger partial charge in [-0.1, -0.05) is 37.3 Å². The Hall–Kier alpha value is -1.43. The molecule has 0 bridgehead atoms. The van der Waals surface area contributed by atoms with Crippen LogP contribution in [0.1, 0.15) is 18.9 Å². The number of carbonyl (C=O) groups is 1. The highest BCUT2D eigenvalue weighted by Gasteiger charge is 2.24. The molecule has 2 heterocycles. The Labute approximate surface area is 145 Å². The fourth-order valence-corrected chi connectivity index (χ4v) is 3.59. The molecular formula is C19H30N4O. The van der Waals surface area contributed by atoms with Gasteiger partial charge < -0.3 is 10.6 Å². The van der Waals surface area contributed by atoms with Crippen molar-refractivity contribution in [3.05, 3.63) is 35.9 Å². The topological polar surface area (TPSA) is 47.6 Å². The van der Waals surface area contributed by atoms with Crippen LogP contribution in [0.15, 0.2) is 30.3 Å². The zero-order chi connectivity index (χ0) is 16.8. The van der Waals surface area contributed by atoms with Crippen molar-refractivity contribution in [1.29, 1.82) is 0 Å². The van der Waals surface area contributed by atoms with E-state index >= 15 is 0 Å². The van der Waals surface area contributed by atoms with E-state index in [4.69, 9.17) is 0 Å². The largest absolute Gasteiger partial charge is 0.351 e. The molecule has 2 N–H and O–H groups in total. The van der Waals surface area contributed by atoms with Gasteiger partial charge in [-0.2, -0.15) is 0 Å². The van der Waals surface area contributed by atoms with Crippen molar-refractivity contribution in [2.45, 2.75) is 25.9 Å². The van der Waals surface area contributed by atoms with E-state index in [0.29, 0.717) is 12.5 Å². The third-order valence-electron chi connectivity index (χ3n) is 5.26. The second-order valence-electron chi connectivity index (χ2n) is 7.18. The molecule has 3 rings (SSSR count). The zero-order valence-electron chi connectivity index (χ0n) is 14.7. The summed E-state index contributed by atoms with van der Waals surface area (Å²) in [5.41, 5.74) is 1.36. The van der Waals surface area contributed by atoms with Crippen molar-refractivity contribution < 1.29 is 4.79 Å². The number of nitrogens with zero attached hydrogens (tertiary/aromatic N) is 2. The minimum absolute atomic E-state index is 0.173. The van der Waals surface area contributed by atoms with E-state index in [2.05, 4.69) is 57.7 Å². The highest BCUT2D eigenvalue weighted by molar-refractivity contribution is 5.78. The first-order valence-electron chi connectivity index (χ1n) is 9.19. The van der Waals surface area contributed by atoms with Gasteiger partial charge in [0, 0.05) is 45.3 Å². The normalized spacial score (nSPS) is 26.2. The van der Waals surface area contributed by atoms with Crippen molar-refractivity contribution in [2.75, 3.05) is 45.8 Å². The maximum atomic E-state index is 12.3. The zero-order valence-corrected chi connectivity index (χ0v) is 14.7. The van der Waals surface area contributed by atoms with Crippen LogP contribution < -0.4 is 10.6 Å². The molecule has 1 aromatic rings. The van der Waals surface area contributed by atoms with Gasteiger partial charge in [0.25, 0.3) is 0 Å². The van der Waals surface area contributed by atoms with Gasteiger partial charge in [0.2, 0.25) is 5.91 Å². The first kappa shape index (κ1) is 17.4. The lowest BCUT2D eigenvalue weighted by Gasteiger charge is -2.35. The molecule has 0 radical (unpaired) electrons. The van der Waals surface area contributed by atoms with Crippen LogP contribution in [0.2, 0.25) is 0 Å². The molecule has 0 saturated carbocycles. The van der Waals surface area contributed by atoms with Gasteiger partial charge >= 0.3 is 0 Å². The average molecular weight is 330 g/mol. The number of hydrogen-bond donors (Lipinski definition) is 2. The smallest absolute Gasteiger partial charge is 0.234 e. The first-order chi connectivity index (χ1) is 11.7. The summed E-state index contributed by atoms with van der Waals surface area (Å²) in [5.74, 6) is 0.741. The summed E-state index contributed by atoms with van der Waals surface area (Å²) in [6, 6.07) is 10.9. The SMILES string of the molecule is CC1CCNCC1NC(=O)CN1CCN(Cc2ccccc2)CC1. The molecule has 132 valence electrons. The highest BCUT2D eigenvalue weighted by Crippen LogP contribution is 2.11. The molecule has 2 saturated heterocycles. The Morgan fingerprint density at radius 3 is 2.58 bits per heavy atom. The Morgan fingerprint density at radius 2 is 1.88 bits per heavy atom. The molecule has 2 aliphatic heterocycles. The van der Waals surface area contributed by atoms with Gasteiger partial charge in [-0.15, -0.1) is 0 Å². The number of piperazine rings is 1. The number of carbonyl (C=O) groups excluding carboxylic acids is 1. The van der Waals surface area contributed by atoms with Crippen LogP contribution in [0.5, 0.6) is 0 Å². The fourth-order valence-electron chi connectivity index (χ4n) is 3.59. The van der Waals surface area contributed by atoms with Crippen molar-refractivity contribution in [3.8, 4) is 0 Å². The summed E-state index contributed by atoms with van der Waals surface area (Å²) in [5, 5.41) is 6.58. The molecule has 24 heavy (non-hydrogen) atoms. The molecule has 0 aromatic heterocycles. The van der Waals surface area contributed by atoms with E-state index < -0.39 is 0 Å². The molecule has 5 nitrogen and oxygen atoms in total. The van der Waals surface area contributed by atoms with Gasteiger partial charge in [-0.05, 0) is 24.4 Å². The van der Waals surface area contributed by atoms with E-state index in [1.165, 1.54) is 5.56 Å². The Bertz CT molecular complexity index is 513. The van der Waals surface area contributed by atoms with Gasteiger partial charge in [-0.3, -0.25) is 14.6 Å². The van der Waals surface area contributed by atoms with Gasteiger partial charge in [0.1, 0.15) is 0 Å². The van der Waals surface area contributed by atoms with E-state index in [9.17, 15) is 4.79 Å². The van der Waals surface area contributed by atoms with Crippen molar-refractivity contribution in [1.82, 2.24) is 20.4 Å². The van der Waals surface area contributed by atoms with Gasteiger partial charge in [-0.25, -0.2) is 0 Å². The molecule has 1 amide bonds. The number of piperidine rings is 1. The molecule has 0 spiro atoms. The number of benzene rings is 1. The van der Waals surface area contributed by atoms with E-state index in [-0.39, 0.29) is 11.9 Å².